The Balaban J connectivity index is 2.22. The number of ether oxygens (including phenoxy) is 1. The van der Waals surface area contributed by atoms with Crippen molar-refractivity contribution >= 4 is 11.3 Å². The summed E-state index contributed by atoms with van der Waals surface area (Å²) in [4.78, 5) is 4.22. The van der Waals surface area contributed by atoms with Crippen LogP contribution in [0.4, 0.5) is 4.39 Å². The molecule has 0 spiro atoms. The maximum Gasteiger partial charge on any atom is 0.131 e. The molecule has 0 aliphatic rings. The number of aromatic nitrogens is 1. The molecule has 1 aromatic carbocycles. The molecule has 2 aromatic rings. The van der Waals surface area contributed by atoms with Gasteiger partial charge in [0.25, 0.3) is 0 Å². The second-order valence-corrected chi connectivity index (χ2v) is 4.84. The number of nitrogens with one attached hydrogen (secondary N) is 1. The van der Waals surface area contributed by atoms with Crippen molar-refractivity contribution in [2.24, 2.45) is 0 Å². The molecule has 1 atom stereocenters. The highest BCUT2D eigenvalue weighted by Gasteiger charge is 2.16. The number of methoxy groups -OCH3 is 1. The number of likely N-dealkylation sites (N-methyl/N-ethyl adjacent to an activating group) is 1. The predicted octanol–water partition coefficient (Wildman–Crippen LogP) is 2.79. The minimum Gasteiger partial charge on any atom is -0.497 e. The summed E-state index contributed by atoms with van der Waals surface area (Å²) in [6, 6.07) is 4.84. The first-order valence-electron chi connectivity index (χ1n) is 5.63. The monoisotopic (exact) mass is 266 g/mol. The molecule has 2 rings (SSSR count). The number of thiazole rings is 1. The van der Waals surface area contributed by atoms with Crippen LogP contribution >= 0.6 is 11.3 Å². The van der Waals surface area contributed by atoms with Crippen molar-refractivity contribution in [1.29, 1.82) is 0 Å². The molecule has 0 saturated carbocycles. The summed E-state index contributed by atoms with van der Waals surface area (Å²) < 4.78 is 19.0. The number of nitrogens with zero attached hydrogens (tertiary/aromatic N) is 1. The van der Waals surface area contributed by atoms with E-state index in [0.29, 0.717) is 17.7 Å². The summed E-state index contributed by atoms with van der Waals surface area (Å²) in [5, 5.41) is 6.03. The molecule has 0 fully saturated rings. The minimum atomic E-state index is -0.259. The van der Waals surface area contributed by atoms with Gasteiger partial charge in [0.15, 0.2) is 0 Å². The van der Waals surface area contributed by atoms with E-state index in [2.05, 4.69) is 10.3 Å². The van der Waals surface area contributed by atoms with Gasteiger partial charge in [0.2, 0.25) is 0 Å². The van der Waals surface area contributed by atoms with Crippen LogP contribution in [-0.2, 0) is 6.42 Å². The first kappa shape index (κ1) is 13.0. The van der Waals surface area contributed by atoms with E-state index in [-0.39, 0.29) is 11.9 Å². The Labute approximate surface area is 110 Å². The van der Waals surface area contributed by atoms with Gasteiger partial charge in [-0.3, -0.25) is 0 Å². The first-order chi connectivity index (χ1) is 8.74. The second-order valence-electron chi connectivity index (χ2n) is 3.86. The molecule has 0 amide bonds. The van der Waals surface area contributed by atoms with Crippen molar-refractivity contribution in [3.63, 3.8) is 0 Å². The van der Waals surface area contributed by atoms with Crippen molar-refractivity contribution < 1.29 is 9.13 Å². The van der Waals surface area contributed by atoms with Crippen molar-refractivity contribution in [2.75, 3.05) is 14.2 Å². The van der Waals surface area contributed by atoms with Gasteiger partial charge in [0, 0.05) is 35.7 Å². The highest BCUT2D eigenvalue weighted by molar-refractivity contribution is 7.09. The van der Waals surface area contributed by atoms with Gasteiger partial charge in [0.1, 0.15) is 11.6 Å². The molecular weight excluding hydrogens is 251 g/mol. The molecule has 1 heterocycles. The summed E-state index contributed by atoms with van der Waals surface area (Å²) in [5.74, 6) is 0.269. The van der Waals surface area contributed by atoms with E-state index in [4.69, 9.17) is 4.74 Å². The van der Waals surface area contributed by atoms with E-state index in [1.54, 1.807) is 29.7 Å². The van der Waals surface area contributed by atoms with E-state index in [1.807, 2.05) is 12.4 Å². The molecule has 0 aliphatic heterocycles. The lowest BCUT2D eigenvalue weighted by Gasteiger charge is -2.16. The van der Waals surface area contributed by atoms with Crippen LogP contribution in [0.1, 0.15) is 16.6 Å². The Morgan fingerprint density at radius 2 is 2.33 bits per heavy atom. The highest BCUT2D eigenvalue weighted by atomic mass is 32.1. The lowest BCUT2D eigenvalue weighted by molar-refractivity contribution is 0.409. The molecular formula is C13H15FN2OS. The Morgan fingerprint density at radius 1 is 1.50 bits per heavy atom. The summed E-state index contributed by atoms with van der Waals surface area (Å²) in [7, 11) is 3.35. The maximum atomic E-state index is 14.0. The van der Waals surface area contributed by atoms with Crippen LogP contribution in [-0.4, -0.2) is 19.1 Å². The summed E-state index contributed by atoms with van der Waals surface area (Å²) in [6.07, 6.45) is 2.44. The van der Waals surface area contributed by atoms with E-state index in [0.717, 1.165) is 5.01 Å². The summed E-state index contributed by atoms with van der Waals surface area (Å²) >= 11 is 1.58. The van der Waals surface area contributed by atoms with Crippen LogP contribution in [0.15, 0.2) is 29.8 Å². The number of rotatable bonds is 5. The van der Waals surface area contributed by atoms with E-state index >= 15 is 0 Å². The van der Waals surface area contributed by atoms with Gasteiger partial charge in [0.05, 0.1) is 12.1 Å². The van der Waals surface area contributed by atoms with Crippen molar-refractivity contribution in [1.82, 2.24) is 10.3 Å². The van der Waals surface area contributed by atoms with Gasteiger partial charge in [-0.05, 0) is 13.1 Å². The molecule has 0 bridgehead atoms. The van der Waals surface area contributed by atoms with Gasteiger partial charge >= 0.3 is 0 Å². The van der Waals surface area contributed by atoms with Gasteiger partial charge in [-0.2, -0.15) is 0 Å². The third-order valence-electron chi connectivity index (χ3n) is 2.79. The fourth-order valence-corrected chi connectivity index (χ4v) is 2.48. The lowest BCUT2D eigenvalue weighted by atomic mass is 10.0. The van der Waals surface area contributed by atoms with Gasteiger partial charge in [-0.15, -0.1) is 11.3 Å². The van der Waals surface area contributed by atoms with Gasteiger partial charge in [-0.25, -0.2) is 9.37 Å². The first-order valence-corrected chi connectivity index (χ1v) is 6.51. The Bertz CT molecular complexity index is 502. The molecule has 0 radical (unpaired) electrons. The molecule has 96 valence electrons. The smallest absolute Gasteiger partial charge is 0.131 e. The van der Waals surface area contributed by atoms with Crippen LogP contribution < -0.4 is 10.1 Å². The van der Waals surface area contributed by atoms with Gasteiger partial charge < -0.3 is 10.1 Å². The standard InChI is InChI=1S/C13H15FN2OS/c1-15-12(8-13-16-5-6-18-13)10-4-3-9(17-2)7-11(10)14/h3-7,12,15H,8H2,1-2H3. The zero-order valence-corrected chi connectivity index (χ0v) is 11.1. The molecule has 0 aliphatic carbocycles. The Hall–Kier alpha value is -1.46. The minimum absolute atomic E-state index is 0.0814. The van der Waals surface area contributed by atoms with Crippen LogP contribution in [0, 0.1) is 5.82 Å². The molecule has 1 aromatic heterocycles. The van der Waals surface area contributed by atoms with E-state index < -0.39 is 0 Å². The molecule has 5 heteroatoms. The fourth-order valence-electron chi connectivity index (χ4n) is 1.81. The summed E-state index contributed by atoms with van der Waals surface area (Å²) in [5.41, 5.74) is 0.633. The molecule has 0 saturated heterocycles. The van der Waals surface area contributed by atoms with E-state index in [1.165, 1.54) is 13.2 Å². The Kier molecular flexibility index (Phi) is 4.28. The average molecular weight is 266 g/mol. The molecule has 1 N–H and O–H groups in total. The fraction of sp³-hybridized carbons (Fsp3) is 0.308. The largest absolute Gasteiger partial charge is 0.497 e. The van der Waals surface area contributed by atoms with Crippen LogP contribution in [0.5, 0.6) is 5.75 Å². The maximum absolute atomic E-state index is 14.0. The Morgan fingerprint density at radius 3 is 2.89 bits per heavy atom. The molecule has 3 nitrogen and oxygen atoms in total. The third-order valence-corrected chi connectivity index (χ3v) is 3.60. The zero-order chi connectivity index (χ0) is 13.0. The molecule has 18 heavy (non-hydrogen) atoms. The zero-order valence-electron chi connectivity index (χ0n) is 10.3. The van der Waals surface area contributed by atoms with Crippen LogP contribution in [0.2, 0.25) is 0 Å². The normalized spacial score (nSPS) is 12.4. The van der Waals surface area contributed by atoms with Crippen LogP contribution in [0.3, 0.4) is 0 Å². The van der Waals surface area contributed by atoms with Gasteiger partial charge in [-0.1, -0.05) is 6.07 Å². The average Bonchev–Trinajstić information content (AvgIpc) is 2.89. The number of halogens is 1. The lowest BCUT2D eigenvalue weighted by Crippen LogP contribution is -2.20. The quantitative estimate of drug-likeness (QED) is 0.903. The molecule has 1 unspecified atom stereocenters. The highest BCUT2D eigenvalue weighted by Crippen LogP contribution is 2.25. The predicted molar refractivity (Wildman–Crippen MR) is 70.6 cm³/mol. The van der Waals surface area contributed by atoms with Crippen molar-refractivity contribution in [3.8, 4) is 5.75 Å². The van der Waals surface area contributed by atoms with Crippen molar-refractivity contribution in [2.45, 2.75) is 12.5 Å². The topological polar surface area (TPSA) is 34.2 Å². The third kappa shape index (κ3) is 2.86. The summed E-state index contributed by atoms with van der Waals surface area (Å²) in [6.45, 7) is 0. The van der Waals surface area contributed by atoms with Crippen molar-refractivity contribution in [3.05, 3.63) is 46.2 Å². The van der Waals surface area contributed by atoms with Crippen LogP contribution in [0.25, 0.3) is 0 Å². The second kappa shape index (κ2) is 5.93. The number of hydrogen-bond donors (Lipinski definition) is 1. The van der Waals surface area contributed by atoms with E-state index in [9.17, 15) is 4.39 Å². The number of hydrogen-bond acceptors (Lipinski definition) is 4. The number of benzene rings is 1. The SMILES string of the molecule is CNC(Cc1nccs1)c1ccc(OC)cc1F.